The fourth-order valence-corrected chi connectivity index (χ4v) is 8.98. The van der Waals surface area contributed by atoms with Gasteiger partial charge in [-0.05, 0) is 110 Å². The molecule has 1 aromatic heterocycles. The van der Waals surface area contributed by atoms with Crippen LogP contribution in [0.3, 0.4) is 0 Å². The number of methoxy groups -OCH3 is 2. The standard InChI is InChI=1S/C36H44N4O4/c1-43-33-15-28(29-14-31(41)21-37-20-29)16-34(44-2)32(33)22-39-7-9-40(10-8-39)30-5-3-27(4-6-30)35(42)38-23-36-17-24-11-25(18-36)13-26(12-24)19-36/h3-6,14-16,20-21,24-26,41H,7-13,17-19,22-23H2,1-2H3,(H,38,42). The van der Waals surface area contributed by atoms with Crippen LogP contribution in [0, 0.1) is 23.2 Å². The third kappa shape index (κ3) is 5.84. The van der Waals surface area contributed by atoms with Crippen LogP contribution < -0.4 is 19.7 Å². The molecule has 2 heterocycles. The van der Waals surface area contributed by atoms with Crippen molar-refractivity contribution in [2.45, 2.75) is 45.1 Å². The van der Waals surface area contributed by atoms with E-state index in [0.29, 0.717) is 12.0 Å². The third-order valence-corrected chi connectivity index (χ3v) is 10.7. The fraction of sp³-hybridized carbons (Fsp3) is 0.500. The SMILES string of the molecule is COc1cc(-c2cncc(O)c2)cc(OC)c1CN1CCN(c2ccc(C(=O)NCC34CC5CC(CC(C5)C3)C4)cc2)CC1. The van der Waals surface area contributed by atoms with Crippen LogP contribution >= 0.6 is 0 Å². The normalized spacial score (nSPS) is 26.0. The molecule has 5 aliphatic rings. The summed E-state index contributed by atoms with van der Waals surface area (Å²) < 4.78 is 11.6. The monoisotopic (exact) mass is 596 g/mol. The Hall–Kier alpha value is -3.78. The van der Waals surface area contributed by atoms with Gasteiger partial charge < -0.3 is 24.8 Å². The highest BCUT2D eigenvalue weighted by molar-refractivity contribution is 5.94. The number of carbonyl (C=O) groups excluding carboxylic acids is 1. The number of ether oxygens (including phenoxy) is 2. The topological polar surface area (TPSA) is 87.2 Å². The molecule has 1 saturated heterocycles. The summed E-state index contributed by atoms with van der Waals surface area (Å²) in [6, 6.07) is 13.8. The number of aromatic hydroxyl groups is 1. The van der Waals surface area contributed by atoms with E-state index >= 15 is 0 Å². The van der Waals surface area contributed by atoms with Gasteiger partial charge in [0.15, 0.2) is 0 Å². The molecule has 2 aromatic carbocycles. The summed E-state index contributed by atoms with van der Waals surface area (Å²) in [7, 11) is 3.35. The maximum atomic E-state index is 13.1. The number of hydrogen-bond donors (Lipinski definition) is 2. The van der Waals surface area contributed by atoms with E-state index in [2.05, 4.69) is 32.2 Å². The molecular formula is C36H44N4O4. The van der Waals surface area contributed by atoms with Crippen LogP contribution in [0.5, 0.6) is 17.2 Å². The molecule has 1 aliphatic heterocycles. The minimum absolute atomic E-state index is 0.0614. The smallest absolute Gasteiger partial charge is 0.251 e. The predicted octanol–water partition coefficient (Wildman–Crippen LogP) is 5.74. The minimum Gasteiger partial charge on any atom is -0.506 e. The van der Waals surface area contributed by atoms with Crippen LogP contribution in [0.2, 0.25) is 0 Å². The summed E-state index contributed by atoms with van der Waals surface area (Å²) in [5.74, 6) is 4.38. The van der Waals surface area contributed by atoms with Gasteiger partial charge in [-0.1, -0.05) is 0 Å². The molecule has 232 valence electrons. The summed E-state index contributed by atoms with van der Waals surface area (Å²) in [6.07, 6.45) is 11.4. The molecule has 44 heavy (non-hydrogen) atoms. The summed E-state index contributed by atoms with van der Waals surface area (Å²) in [5, 5.41) is 13.2. The number of pyridine rings is 1. The third-order valence-electron chi connectivity index (χ3n) is 10.7. The Morgan fingerprint density at radius 1 is 0.886 bits per heavy atom. The van der Waals surface area contributed by atoms with E-state index in [9.17, 15) is 9.90 Å². The van der Waals surface area contributed by atoms with Gasteiger partial charge >= 0.3 is 0 Å². The van der Waals surface area contributed by atoms with Gasteiger partial charge in [-0.3, -0.25) is 14.7 Å². The molecule has 1 amide bonds. The first-order chi connectivity index (χ1) is 21.4. The van der Waals surface area contributed by atoms with Crippen LogP contribution in [0.1, 0.15) is 54.4 Å². The van der Waals surface area contributed by atoms with E-state index in [-0.39, 0.29) is 11.7 Å². The highest BCUT2D eigenvalue weighted by atomic mass is 16.5. The van der Waals surface area contributed by atoms with Gasteiger partial charge in [-0.15, -0.1) is 0 Å². The van der Waals surface area contributed by atoms with Crippen molar-refractivity contribution in [1.29, 1.82) is 0 Å². The van der Waals surface area contributed by atoms with Crippen molar-refractivity contribution in [3.63, 3.8) is 0 Å². The number of piperazine rings is 1. The molecule has 2 N–H and O–H groups in total. The molecule has 8 rings (SSSR count). The van der Waals surface area contributed by atoms with Crippen molar-refractivity contribution < 1.29 is 19.4 Å². The lowest BCUT2D eigenvalue weighted by atomic mass is 9.49. The van der Waals surface area contributed by atoms with Crippen LogP contribution in [0.15, 0.2) is 54.9 Å². The Morgan fingerprint density at radius 3 is 2.07 bits per heavy atom. The average Bonchev–Trinajstić information content (AvgIpc) is 3.03. The highest BCUT2D eigenvalue weighted by Crippen LogP contribution is 2.59. The zero-order chi connectivity index (χ0) is 30.3. The summed E-state index contributed by atoms with van der Waals surface area (Å²) in [6.45, 7) is 5.14. The molecule has 0 radical (unpaired) electrons. The number of benzene rings is 2. The van der Waals surface area contributed by atoms with Gasteiger partial charge in [0.05, 0.1) is 26.0 Å². The van der Waals surface area contributed by atoms with Gasteiger partial charge in [-0.2, -0.15) is 0 Å². The first kappa shape index (κ1) is 29.0. The molecule has 0 unspecified atom stereocenters. The number of hydrogen-bond acceptors (Lipinski definition) is 7. The van der Waals surface area contributed by atoms with Crippen LogP contribution in [0.4, 0.5) is 5.69 Å². The van der Waals surface area contributed by atoms with E-state index in [1.807, 2.05) is 24.3 Å². The Morgan fingerprint density at radius 2 is 1.50 bits per heavy atom. The number of rotatable bonds is 9. The molecule has 0 atom stereocenters. The predicted molar refractivity (Wildman–Crippen MR) is 171 cm³/mol. The second kappa shape index (κ2) is 12.0. The van der Waals surface area contributed by atoms with E-state index in [0.717, 1.165) is 89.9 Å². The molecule has 4 saturated carbocycles. The lowest BCUT2D eigenvalue weighted by molar-refractivity contribution is -0.0503. The minimum atomic E-state index is 0.0614. The van der Waals surface area contributed by atoms with Crippen molar-refractivity contribution in [3.8, 4) is 28.4 Å². The van der Waals surface area contributed by atoms with Crippen LogP contribution in [-0.4, -0.2) is 67.8 Å². The Kier molecular flexibility index (Phi) is 7.87. The van der Waals surface area contributed by atoms with Gasteiger partial charge in [0.1, 0.15) is 17.2 Å². The number of nitrogens with one attached hydrogen (secondary N) is 1. The average molecular weight is 597 g/mol. The summed E-state index contributed by atoms with van der Waals surface area (Å²) >= 11 is 0. The molecule has 4 bridgehead atoms. The van der Waals surface area contributed by atoms with Gasteiger partial charge in [0, 0.05) is 62.3 Å². The second-order valence-corrected chi connectivity index (χ2v) is 13.7. The first-order valence-corrected chi connectivity index (χ1v) is 16.1. The molecule has 5 fully saturated rings. The van der Waals surface area contributed by atoms with Crippen LogP contribution in [-0.2, 0) is 6.54 Å². The van der Waals surface area contributed by atoms with Gasteiger partial charge in [0.25, 0.3) is 5.91 Å². The molecule has 4 aliphatic carbocycles. The van der Waals surface area contributed by atoms with Gasteiger partial charge in [0.2, 0.25) is 0 Å². The van der Waals surface area contributed by atoms with Crippen molar-refractivity contribution in [2.24, 2.45) is 23.2 Å². The second-order valence-electron chi connectivity index (χ2n) is 13.7. The fourth-order valence-electron chi connectivity index (χ4n) is 8.98. The van der Waals surface area contributed by atoms with Crippen molar-refractivity contribution >= 4 is 11.6 Å². The highest BCUT2D eigenvalue weighted by Gasteiger charge is 2.50. The number of amides is 1. The van der Waals surface area contributed by atoms with Crippen molar-refractivity contribution in [1.82, 2.24) is 15.2 Å². The zero-order valence-corrected chi connectivity index (χ0v) is 25.9. The van der Waals surface area contributed by atoms with Crippen LogP contribution in [0.25, 0.3) is 11.1 Å². The molecule has 8 heteroatoms. The lowest BCUT2D eigenvalue weighted by Crippen LogP contribution is -2.51. The number of nitrogens with zero attached hydrogens (tertiary/aromatic N) is 3. The van der Waals surface area contributed by atoms with E-state index in [1.165, 1.54) is 44.7 Å². The summed E-state index contributed by atoms with van der Waals surface area (Å²) in [4.78, 5) is 22.0. The number of carbonyl (C=O) groups is 1. The van der Waals surface area contributed by atoms with Crippen molar-refractivity contribution in [3.05, 3.63) is 66.0 Å². The maximum Gasteiger partial charge on any atom is 0.251 e. The maximum absolute atomic E-state index is 13.1. The van der Waals surface area contributed by atoms with Gasteiger partial charge in [-0.25, -0.2) is 0 Å². The van der Waals surface area contributed by atoms with Crippen molar-refractivity contribution in [2.75, 3.05) is 51.8 Å². The first-order valence-electron chi connectivity index (χ1n) is 16.1. The van der Waals surface area contributed by atoms with E-state index < -0.39 is 0 Å². The molecule has 3 aromatic rings. The lowest BCUT2D eigenvalue weighted by Gasteiger charge is -2.56. The Bertz CT molecular complexity index is 1440. The van der Waals surface area contributed by atoms with E-state index in [1.54, 1.807) is 26.5 Å². The molecular weight excluding hydrogens is 552 g/mol. The number of anilines is 1. The molecule has 0 spiro atoms. The zero-order valence-electron chi connectivity index (χ0n) is 25.9. The Labute approximate surface area is 260 Å². The summed E-state index contributed by atoms with van der Waals surface area (Å²) in [5.41, 5.74) is 4.93. The quantitative estimate of drug-likeness (QED) is 0.326. The number of aromatic nitrogens is 1. The molecule has 8 nitrogen and oxygen atoms in total. The largest absolute Gasteiger partial charge is 0.506 e. The van der Waals surface area contributed by atoms with E-state index in [4.69, 9.17) is 9.47 Å². The Balaban J connectivity index is 0.946.